The highest BCUT2D eigenvalue weighted by molar-refractivity contribution is 6.31. The van der Waals surface area contributed by atoms with E-state index in [4.69, 9.17) is 21.8 Å². The van der Waals surface area contributed by atoms with Crippen molar-refractivity contribution in [1.82, 2.24) is 0 Å². The van der Waals surface area contributed by atoms with E-state index in [1.807, 2.05) is 43.3 Å². The number of aryl methyl sites for hydroxylation is 1. The van der Waals surface area contributed by atoms with Crippen molar-refractivity contribution in [2.45, 2.75) is 19.4 Å². The first-order valence-corrected chi connectivity index (χ1v) is 5.68. The molecule has 2 rings (SSSR count). The molecule has 3 heteroatoms. The van der Waals surface area contributed by atoms with E-state index in [-0.39, 0.29) is 6.04 Å². The Labute approximate surface area is 100 Å². The molecule has 2 nitrogen and oxygen atoms in total. The Morgan fingerprint density at radius 2 is 2.00 bits per heavy atom. The molecule has 0 aliphatic rings. The van der Waals surface area contributed by atoms with Gasteiger partial charge >= 0.3 is 0 Å². The molecule has 0 amide bonds. The van der Waals surface area contributed by atoms with Crippen LogP contribution < -0.4 is 5.73 Å². The first-order valence-electron chi connectivity index (χ1n) is 5.31. The Kier molecular flexibility index (Phi) is 3.32. The lowest BCUT2D eigenvalue weighted by molar-refractivity contribution is 0.454. The fraction of sp³-hybridized carbons (Fsp3) is 0.231. The van der Waals surface area contributed by atoms with Gasteiger partial charge in [-0.15, -0.1) is 0 Å². The molecule has 0 saturated carbocycles. The Morgan fingerprint density at radius 1 is 1.25 bits per heavy atom. The van der Waals surface area contributed by atoms with Gasteiger partial charge in [-0.2, -0.15) is 0 Å². The maximum Gasteiger partial charge on any atom is 0.125 e. The van der Waals surface area contributed by atoms with Crippen LogP contribution in [0.3, 0.4) is 0 Å². The van der Waals surface area contributed by atoms with Crippen LogP contribution in [-0.2, 0) is 6.42 Å². The Morgan fingerprint density at radius 3 is 2.62 bits per heavy atom. The third kappa shape index (κ3) is 2.13. The maximum absolute atomic E-state index is 6.11. The van der Waals surface area contributed by atoms with Crippen LogP contribution in [0.15, 0.2) is 40.8 Å². The Balaban J connectivity index is 2.31. The summed E-state index contributed by atoms with van der Waals surface area (Å²) in [6.45, 7) is 2.05. The summed E-state index contributed by atoms with van der Waals surface area (Å²) in [4.78, 5) is 0. The Bertz CT molecular complexity index is 478. The Hall–Kier alpha value is -1.25. The second kappa shape index (κ2) is 4.73. The third-order valence-corrected chi connectivity index (χ3v) is 2.92. The molecule has 0 fully saturated rings. The summed E-state index contributed by atoms with van der Waals surface area (Å²) in [5.41, 5.74) is 7.00. The standard InChI is InChI=1S/C13H14ClNO/c1-2-9-7-8-12(16-9)13(15)10-5-3-4-6-11(10)14/h3-8,13H,2,15H2,1H3. The van der Waals surface area contributed by atoms with Crippen molar-refractivity contribution in [3.63, 3.8) is 0 Å². The van der Waals surface area contributed by atoms with Crippen molar-refractivity contribution in [3.8, 4) is 0 Å². The summed E-state index contributed by atoms with van der Waals surface area (Å²) >= 11 is 6.09. The molecular weight excluding hydrogens is 222 g/mol. The number of halogens is 1. The van der Waals surface area contributed by atoms with E-state index in [1.54, 1.807) is 0 Å². The van der Waals surface area contributed by atoms with E-state index in [9.17, 15) is 0 Å². The molecule has 0 spiro atoms. The summed E-state index contributed by atoms with van der Waals surface area (Å²) < 4.78 is 5.62. The van der Waals surface area contributed by atoms with E-state index >= 15 is 0 Å². The van der Waals surface area contributed by atoms with Gasteiger partial charge in [0.25, 0.3) is 0 Å². The molecular formula is C13H14ClNO. The molecule has 0 aliphatic carbocycles. The van der Waals surface area contributed by atoms with Crippen LogP contribution in [0.5, 0.6) is 0 Å². The van der Waals surface area contributed by atoms with Crippen LogP contribution in [0.1, 0.15) is 30.0 Å². The van der Waals surface area contributed by atoms with Gasteiger partial charge in [0.15, 0.2) is 0 Å². The lowest BCUT2D eigenvalue weighted by Gasteiger charge is -2.10. The lowest BCUT2D eigenvalue weighted by atomic mass is 10.1. The predicted octanol–water partition coefficient (Wildman–Crippen LogP) is 3.54. The number of rotatable bonds is 3. The van der Waals surface area contributed by atoms with Crippen molar-refractivity contribution in [1.29, 1.82) is 0 Å². The summed E-state index contributed by atoms with van der Waals surface area (Å²) in [6, 6.07) is 11.1. The number of nitrogens with two attached hydrogens (primary N) is 1. The van der Waals surface area contributed by atoms with Crippen molar-refractivity contribution in [2.75, 3.05) is 0 Å². The van der Waals surface area contributed by atoms with Gasteiger partial charge < -0.3 is 10.2 Å². The second-order valence-electron chi connectivity index (χ2n) is 3.66. The number of hydrogen-bond acceptors (Lipinski definition) is 2. The van der Waals surface area contributed by atoms with Gasteiger partial charge in [-0.25, -0.2) is 0 Å². The van der Waals surface area contributed by atoms with Crippen LogP contribution in [0.4, 0.5) is 0 Å². The lowest BCUT2D eigenvalue weighted by Crippen LogP contribution is -2.11. The fourth-order valence-corrected chi connectivity index (χ4v) is 1.89. The van der Waals surface area contributed by atoms with Crippen molar-refractivity contribution in [2.24, 2.45) is 5.73 Å². The van der Waals surface area contributed by atoms with Gasteiger partial charge in [0.05, 0.1) is 6.04 Å². The summed E-state index contributed by atoms with van der Waals surface area (Å²) in [7, 11) is 0. The zero-order valence-electron chi connectivity index (χ0n) is 9.11. The van der Waals surface area contributed by atoms with Crippen molar-refractivity contribution < 1.29 is 4.42 Å². The van der Waals surface area contributed by atoms with E-state index in [1.165, 1.54) is 0 Å². The minimum absolute atomic E-state index is 0.297. The molecule has 1 aromatic heterocycles. The van der Waals surface area contributed by atoms with Crippen LogP contribution in [-0.4, -0.2) is 0 Å². The highest BCUT2D eigenvalue weighted by atomic mass is 35.5. The van der Waals surface area contributed by atoms with Gasteiger partial charge in [-0.3, -0.25) is 0 Å². The summed E-state index contributed by atoms with van der Waals surface area (Å²) in [5, 5.41) is 0.671. The monoisotopic (exact) mass is 235 g/mol. The molecule has 0 radical (unpaired) electrons. The SMILES string of the molecule is CCc1ccc(C(N)c2ccccc2Cl)o1. The molecule has 2 aromatic rings. The quantitative estimate of drug-likeness (QED) is 0.884. The first-order chi connectivity index (χ1) is 7.72. The minimum Gasteiger partial charge on any atom is -0.464 e. The molecule has 1 unspecified atom stereocenters. The normalized spacial score (nSPS) is 12.7. The molecule has 0 aliphatic heterocycles. The molecule has 84 valence electrons. The maximum atomic E-state index is 6.11. The second-order valence-corrected chi connectivity index (χ2v) is 4.06. The van der Waals surface area contributed by atoms with Gasteiger partial charge in [0.2, 0.25) is 0 Å². The fourth-order valence-electron chi connectivity index (χ4n) is 1.63. The van der Waals surface area contributed by atoms with Gasteiger partial charge in [-0.05, 0) is 23.8 Å². The zero-order chi connectivity index (χ0) is 11.5. The first kappa shape index (κ1) is 11.2. The highest BCUT2D eigenvalue weighted by Crippen LogP contribution is 2.27. The molecule has 2 N–H and O–H groups in total. The van der Waals surface area contributed by atoms with Crippen molar-refractivity contribution in [3.05, 3.63) is 58.5 Å². The van der Waals surface area contributed by atoms with E-state index in [0.717, 1.165) is 23.5 Å². The van der Waals surface area contributed by atoms with Gasteiger partial charge in [0.1, 0.15) is 11.5 Å². The molecule has 16 heavy (non-hydrogen) atoms. The molecule has 1 aromatic carbocycles. The van der Waals surface area contributed by atoms with Gasteiger partial charge in [-0.1, -0.05) is 36.7 Å². The zero-order valence-corrected chi connectivity index (χ0v) is 9.87. The van der Waals surface area contributed by atoms with Crippen LogP contribution in [0.25, 0.3) is 0 Å². The predicted molar refractivity (Wildman–Crippen MR) is 65.6 cm³/mol. The molecule has 0 bridgehead atoms. The number of furan rings is 1. The summed E-state index contributed by atoms with van der Waals surface area (Å²) in [5.74, 6) is 1.70. The highest BCUT2D eigenvalue weighted by Gasteiger charge is 2.15. The summed E-state index contributed by atoms with van der Waals surface area (Å²) in [6.07, 6.45) is 0.870. The molecule has 0 saturated heterocycles. The third-order valence-electron chi connectivity index (χ3n) is 2.58. The van der Waals surface area contributed by atoms with Crippen molar-refractivity contribution >= 4 is 11.6 Å². The molecule has 1 heterocycles. The van der Waals surface area contributed by atoms with Crippen LogP contribution in [0, 0.1) is 0 Å². The average molecular weight is 236 g/mol. The topological polar surface area (TPSA) is 39.2 Å². The van der Waals surface area contributed by atoms with E-state index < -0.39 is 0 Å². The van der Waals surface area contributed by atoms with E-state index in [2.05, 4.69) is 0 Å². The van der Waals surface area contributed by atoms with E-state index in [0.29, 0.717) is 5.02 Å². The smallest absolute Gasteiger partial charge is 0.125 e. The largest absolute Gasteiger partial charge is 0.464 e. The number of benzene rings is 1. The molecule has 1 atom stereocenters. The average Bonchev–Trinajstić information content (AvgIpc) is 2.77. The van der Waals surface area contributed by atoms with Crippen LogP contribution >= 0.6 is 11.6 Å². The van der Waals surface area contributed by atoms with Crippen LogP contribution in [0.2, 0.25) is 5.02 Å². The number of hydrogen-bond donors (Lipinski definition) is 1. The van der Waals surface area contributed by atoms with Gasteiger partial charge in [0, 0.05) is 11.4 Å². The minimum atomic E-state index is -0.297.